The first-order valence-corrected chi connectivity index (χ1v) is 9.05. The Labute approximate surface area is 160 Å². The molecule has 1 aromatic heterocycles. The molecule has 0 aliphatic carbocycles. The molecule has 1 atom stereocenters. The summed E-state index contributed by atoms with van der Waals surface area (Å²) >= 11 is 0. The van der Waals surface area contributed by atoms with Crippen LogP contribution in [0.2, 0.25) is 0 Å². The fourth-order valence-corrected chi connectivity index (χ4v) is 3.29. The molecular weight excluding hydrogens is 364 g/mol. The van der Waals surface area contributed by atoms with Crippen molar-refractivity contribution in [3.05, 3.63) is 88.7 Å². The quantitative estimate of drug-likeness (QED) is 0.736. The third kappa shape index (κ3) is 3.94. The Morgan fingerprint density at radius 3 is 2.82 bits per heavy atom. The van der Waals surface area contributed by atoms with Gasteiger partial charge in [0.05, 0.1) is 24.4 Å². The summed E-state index contributed by atoms with van der Waals surface area (Å²) in [6.07, 6.45) is 2.34. The molecule has 28 heavy (non-hydrogen) atoms. The van der Waals surface area contributed by atoms with Crippen molar-refractivity contribution < 1.29 is 18.3 Å². The molecule has 2 aromatic carbocycles. The van der Waals surface area contributed by atoms with E-state index >= 15 is 0 Å². The number of hydrogen-bond donors (Lipinski definition) is 1. The van der Waals surface area contributed by atoms with E-state index in [1.165, 1.54) is 0 Å². The lowest BCUT2D eigenvalue weighted by molar-refractivity contribution is 0.0383. The van der Waals surface area contributed by atoms with E-state index in [4.69, 9.17) is 4.74 Å². The average Bonchev–Trinajstić information content (AvgIpc) is 3.10. The van der Waals surface area contributed by atoms with Gasteiger partial charge in [0, 0.05) is 18.8 Å². The van der Waals surface area contributed by atoms with Gasteiger partial charge >= 0.3 is 0 Å². The zero-order chi connectivity index (χ0) is 19.5. The van der Waals surface area contributed by atoms with Crippen LogP contribution in [0.4, 0.5) is 8.78 Å². The Morgan fingerprint density at radius 1 is 1.21 bits per heavy atom. The SMILES string of the molecule is O=C(NC[C@H]1OCCc2cn(Cc3ccccc3)nc21)c1ccc(F)cc1F. The van der Waals surface area contributed by atoms with Gasteiger partial charge in [-0.3, -0.25) is 9.48 Å². The second-order valence-electron chi connectivity index (χ2n) is 6.67. The number of halogens is 2. The maximum Gasteiger partial charge on any atom is 0.254 e. The van der Waals surface area contributed by atoms with Crippen molar-refractivity contribution in [2.45, 2.75) is 19.1 Å². The van der Waals surface area contributed by atoms with E-state index in [0.717, 1.165) is 35.4 Å². The standard InChI is InChI=1S/C21H19F2N3O2/c22-16-6-7-17(18(23)10-16)21(27)24-11-19-20-15(8-9-28-19)13-26(25-20)12-14-4-2-1-3-5-14/h1-7,10,13,19H,8-9,11-12H2,(H,24,27)/t19-/m1/s1. The summed E-state index contributed by atoms with van der Waals surface area (Å²) in [7, 11) is 0. The molecule has 0 saturated carbocycles. The predicted octanol–water partition coefficient (Wildman–Crippen LogP) is 3.25. The number of carbonyl (C=O) groups is 1. The Hall–Kier alpha value is -3.06. The van der Waals surface area contributed by atoms with Crippen molar-refractivity contribution in [1.82, 2.24) is 15.1 Å². The number of benzene rings is 2. The van der Waals surface area contributed by atoms with Crippen LogP contribution < -0.4 is 5.32 Å². The molecule has 0 bridgehead atoms. The average molecular weight is 383 g/mol. The van der Waals surface area contributed by atoms with Crippen LogP contribution in [0.25, 0.3) is 0 Å². The van der Waals surface area contributed by atoms with Crippen LogP contribution in [0.3, 0.4) is 0 Å². The largest absolute Gasteiger partial charge is 0.370 e. The number of amides is 1. The molecule has 0 saturated heterocycles. The minimum atomic E-state index is -0.894. The number of ether oxygens (including phenoxy) is 1. The molecule has 0 spiro atoms. The summed E-state index contributed by atoms with van der Waals surface area (Å²) in [5, 5.41) is 7.28. The molecule has 1 aliphatic heterocycles. The van der Waals surface area contributed by atoms with Crippen LogP contribution in [0.15, 0.2) is 54.7 Å². The second kappa shape index (κ2) is 7.90. The monoisotopic (exact) mass is 383 g/mol. The number of aromatic nitrogens is 2. The Kier molecular flexibility index (Phi) is 5.16. The number of hydrogen-bond acceptors (Lipinski definition) is 3. The minimum absolute atomic E-state index is 0.158. The van der Waals surface area contributed by atoms with Gasteiger partial charge in [0.25, 0.3) is 5.91 Å². The van der Waals surface area contributed by atoms with Gasteiger partial charge in [-0.05, 0) is 29.7 Å². The predicted molar refractivity (Wildman–Crippen MR) is 98.9 cm³/mol. The van der Waals surface area contributed by atoms with E-state index in [9.17, 15) is 13.6 Å². The lowest BCUT2D eigenvalue weighted by Crippen LogP contribution is -2.32. The molecule has 1 amide bonds. The van der Waals surface area contributed by atoms with E-state index in [-0.39, 0.29) is 12.1 Å². The van der Waals surface area contributed by atoms with Gasteiger partial charge in [0.15, 0.2) is 0 Å². The third-order valence-corrected chi connectivity index (χ3v) is 4.68. The molecule has 7 heteroatoms. The van der Waals surface area contributed by atoms with Crippen LogP contribution in [0.5, 0.6) is 0 Å². The maximum atomic E-state index is 13.8. The summed E-state index contributed by atoms with van der Waals surface area (Å²) in [6.45, 7) is 1.33. The Balaban J connectivity index is 1.45. The first kappa shape index (κ1) is 18.3. The molecule has 3 aromatic rings. The highest BCUT2D eigenvalue weighted by Crippen LogP contribution is 2.25. The van der Waals surface area contributed by atoms with Crippen LogP contribution in [0.1, 0.15) is 33.3 Å². The van der Waals surface area contributed by atoms with Crippen molar-refractivity contribution >= 4 is 5.91 Å². The topological polar surface area (TPSA) is 56.1 Å². The molecular formula is C21H19F2N3O2. The highest BCUT2D eigenvalue weighted by molar-refractivity contribution is 5.94. The first-order chi connectivity index (χ1) is 13.6. The molecule has 5 nitrogen and oxygen atoms in total. The van der Waals surface area contributed by atoms with Crippen molar-refractivity contribution in [3.63, 3.8) is 0 Å². The summed E-state index contributed by atoms with van der Waals surface area (Å²) < 4.78 is 34.4. The fraction of sp³-hybridized carbons (Fsp3) is 0.238. The van der Waals surface area contributed by atoms with Crippen molar-refractivity contribution in [2.24, 2.45) is 0 Å². The molecule has 2 heterocycles. The van der Waals surface area contributed by atoms with Gasteiger partial charge in [-0.15, -0.1) is 0 Å². The molecule has 0 fully saturated rings. The number of rotatable bonds is 5. The normalized spacial score (nSPS) is 15.9. The lowest BCUT2D eigenvalue weighted by atomic mass is 10.1. The lowest BCUT2D eigenvalue weighted by Gasteiger charge is -2.22. The van der Waals surface area contributed by atoms with E-state index in [0.29, 0.717) is 19.2 Å². The molecule has 0 unspecified atom stereocenters. The van der Waals surface area contributed by atoms with Crippen LogP contribution in [0, 0.1) is 11.6 Å². The Bertz CT molecular complexity index is 989. The van der Waals surface area contributed by atoms with Gasteiger partial charge in [0.1, 0.15) is 17.7 Å². The van der Waals surface area contributed by atoms with E-state index in [1.54, 1.807) is 0 Å². The maximum absolute atomic E-state index is 13.8. The van der Waals surface area contributed by atoms with E-state index in [2.05, 4.69) is 10.4 Å². The zero-order valence-corrected chi connectivity index (χ0v) is 15.1. The van der Waals surface area contributed by atoms with Gasteiger partial charge in [-0.1, -0.05) is 30.3 Å². The highest BCUT2D eigenvalue weighted by Gasteiger charge is 2.25. The molecule has 144 valence electrons. The summed E-state index contributed by atoms with van der Waals surface area (Å²) in [4.78, 5) is 12.2. The fourth-order valence-electron chi connectivity index (χ4n) is 3.29. The number of nitrogens with zero attached hydrogens (tertiary/aromatic N) is 2. The molecule has 1 N–H and O–H groups in total. The summed E-state index contributed by atoms with van der Waals surface area (Å²) in [5.41, 5.74) is 2.79. The minimum Gasteiger partial charge on any atom is -0.370 e. The van der Waals surface area contributed by atoms with E-state index in [1.807, 2.05) is 41.2 Å². The number of fused-ring (bicyclic) bond motifs is 1. The van der Waals surface area contributed by atoms with Crippen LogP contribution in [-0.4, -0.2) is 28.8 Å². The van der Waals surface area contributed by atoms with Gasteiger partial charge in [-0.25, -0.2) is 8.78 Å². The smallest absolute Gasteiger partial charge is 0.254 e. The summed E-state index contributed by atoms with van der Waals surface area (Å²) in [5.74, 6) is -2.23. The van der Waals surface area contributed by atoms with Crippen LogP contribution in [-0.2, 0) is 17.7 Å². The first-order valence-electron chi connectivity index (χ1n) is 9.05. The summed E-state index contributed by atoms with van der Waals surface area (Å²) in [6, 6.07) is 12.9. The second-order valence-corrected chi connectivity index (χ2v) is 6.67. The number of carbonyl (C=O) groups excluding carboxylic acids is 1. The van der Waals surface area contributed by atoms with Crippen LogP contribution >= 0.6 is 0 Å². The van der Waals surface area contributed by atoms with Gasteiger partial charge in [0.2, 0.25) is 0 Å². The zero-order valence-electron chi connectivity index (χ0n) is 15.1. The molecule has 0 radical (unpaired) electrons. The third-order valence-electron chi connectivity index (χ3n) is 4.68. The van der Waals surface area contributed by atoms with Crippen molar-refractivity contribution in [3.8, 4) is 0 Å². The highest BCUT2D eigenvalue weighted by atomic mass is 19.1. The van der Waals surface area contributed by atoms with Gasteiger partial charge < -0.3 is 10.1 Å². The van der Waals surface area contributed by atoms with Gasteiger partial charge in [-0.2, -0.15) is 5.10 Å². The molecule has 4 rings (SSSR count). The van der Waals surface area contributed by atoms with Crippen molar-refractivity contribution in [1.29, 1.82) is 0 Å². The van der Waals surface area contributed by atoms with Crippen molar-refractivity contribution in [2.75, 3.05) is 13.2 Å². The van der Waals surface area contributed by atoms with E-state index < -0.39 is 23.6 Å². The molecule has 1 aliphatic rings. The Morgan fingerprint density at radius 2 is 2.04 bits per heavy atom. The number of nitrogens with one attached hydrogen (secondary N) is 1.